The Morgan fingerprint density at radius 1 is 1.22 bits per heavy atom. The highest BCUT2D eigenvalue weighted by Gasteiger charge is 2.08. The minimum absolute atomic E-state index is 0.351. The molecule has 0 unspecified atom stereocenters. The number of rotatable bonds is 7. The molecule has 1 heterocycles. The van der Waals surface area contributed by atoms with Crippen molar-refractivity contribution in [3.63, 3.8) is 0 Å². The van der Waals surface area contributed by atoms with Crippen LogP contribution in [-0.4, -0.2) is 31.9 Å². The molecule has 0 aromatic carbocycles. The highest BCUT2D eigenvalue weighted by atomic mass is 16.5. The van der Waals surface area contributed by atoms with Crippen molar-refractivity contribution in [1.29, 1.82) is 0 Å². The van der Waals surface area contributed by atoms with E-state index in [1.54, 1.807) is 13.3 Å². The molecule has 0 fully saturated rings. The maximum absolute atomic E-state index is 5.40. The quantitative estimate of drug-likeness (QED) is 0.758. The van der Waals surface area contributed by atoms with Crippen LogP contribution in [0.5, 0.6) is 5.88 Å². The predicted molar refractivity (Wildman–Crippen MR) is 74.2 cm³/mol. The number of hydrogen-bond acceptors (Lipinski definition) is 4. The van der Waals surface area contributed by atoms with E-state index in [1.807, 2.05) is 12.1 Å². The van der Waals surface area contributed by atoms with Crippen LogP contribution in [0.4, 0.5) is 5.69 Å². The third-order valence-electron chi connectivity index (χ3n) is 2.48. The Kier molecular flexibility index (Phi) is 5.92. The standard InChI is InChI=1S/C14H24N2O2/c1-14(2,3)7-8-15-12-5-6-13(16-11-12)18-10-9-17-4/h5-6,11,15H,7-10H2,1-4H3. The maximum Gasteiger partial charge on any atom is 0.213 e. The molecule has 0 saturated carbocycles. The summed E-state index contributed by atoms with van der Waals surface area (Å²) in [5.74, 6) is 0.633. The lowest BCUT2D eigenvalue weighted by Crippen LogP contribution is -2.13. The first-order valence-electron chi connectivity index (χ1n) is 6.33. The van der Waals surface area contributed by atoms with E-state index < -0.39 is 0 Å². The Balaban J connectivity index is 2.31. The van der Waals surface area contributed by atoms with Crippen LogP contribution in [-0.2, 0) is 4.74 Å². The summed E-state index contributed by atoms with van der Waals surface area (Å²) in [5, 5.41) is 3.35. The second-order valence-corrected chi connectivity index (χ2v) is 5.46. The lowest BCUT2D eigenvalue weighted by Gasteiger charge is -2.18. The molecule has 0 amide bonds. The number of hydrogen-bond donors (Lipinski definition) is 1. The van der Waals surface area contributed by atoms with Gasteiger partial charge in [0.25, 0.3) is 0 Å². The van der Waals surface area contributed by atoms with Gasteiger partial charge in [0.15, 0.2) is 0 Å². The van der Waals surface area contributed by atoms with Gasteiger partial charge >= 0.3 is 0 Å². The molecule has 18 heavy (non-hydrogen) atoms. The Bertz CT molecular complexity index is 331. The van der Waals surface area contributed by atoms with Crippen LogP contribution in [0.2, 0.25) is 0 Å². The van der Waals surface area contributed by atoms with Crippen molar-refractivity contribution in [3.05, 3.63) is 18.3 Å². The highest BCUT2D eigenvalue weighted by Crippen LogP contribution is 2.18. The van der Waals surface area contributed by atoms with Gasteiger partial charge in [-0.2, -0.15) is 0 Å². The number of nitrogens with one attached hydrogen (secondary N) is 1. The van der Waals surface area contributed by atoms with Crippen molar-refractivity contribution < 1.29 is 9.47 Å². The molecule has 4 nitrogen and oxygen atoms in total. The molecular formula is C14H24N2O2. The smallest absolute Gasteiger partial charge is 0.213 e. The summed E-state index contributed by atoms with van der Waals surface area (Å²) in [7, 11) is 1.65. The van der Waals surface area contributed by atoms with Crippen molar-refractivity contribution >= 4 is 5.69 Å². The normalized spacial score (nSPS) is 11.3. The Morgan fingerprint density at radius 3 is 2.56 bits per heavy atom. The highest BCUT2D eigenvalue weighted by molar-refractivity contribution is 5.41. The van der Waals surface area contributed by atoms with Gasteiger partial charge in [-0.3, -0.25) is 0 Å². The number of ether oxygens (including phenoxy) is 2. The van der Waals surface area contributed by atoms with Crippen LogP contribution in [0.1, 0.15) is 27.2 Å². The number of nitrogens with zero attached hydrogens (tertiary/aromatic N) is 1. The van der Waals surface area contributed by atoms with Crippen molar-refractivity contribution in [3.8, 4) is 5.88 Å². The maximum atomic E-state index is 5.40. The average Bonchev–Trinajstić information content (AvgIpc) is 2.30. The van der Waals surface area contributed by atoms with Crippen molar-refractivity contribution in [2.75, 3.05) is 32.2 Å². The first kappa shape index (κ1) is 14.8. The van der Waals surface area contributed by atoms with Crippen LogP contribution in [0, 0.1) is 5.41 Å². The number of aromatic nitrogens is 1. The van der Waals surface area contributed by atoms with Crippen LogP contribution in [0.3, 0.4) is 0 Å². The lowest BCUT2D eigenvalue weighted by molar-refractivity contribution is 0.144. The van der Waals surface area contributed by atoms with Gasteiger partial charge in [0, 0.05) is 19.7 Å². The van der Waals surface area contributed by atoms with Crippen LogP contribution >= 0.6 is 0 Å². The van der Waals surface area contributed by atoms with Gasteiger partial charge in [0.1, 0.15) is 6.61 Å². The largest absolute Gasteiger partial charge is 0.475 e. The fraction of sp³-hybridized carbons (Fsp3) is 0.643. The van der Waals surface area contributed by atoms with E-state index in [2.05, 4.69) is 31.1 Å². The van der Waals surface area contributed by atoms with E-state index in [4.69, 9.17) is 9.47 Å². The topological polar surface area (TPSA) is 43.4 Å². The van der Waals surface area contributed by atoms with Crippen LogP contribution < -0.4 is 10.1 Å². The molecule has 0 atom stereocenters. The molecule has 1 aromatic rings. The monoisotopic (exact) mass is 252 g/mol. The molecule has 1 aromatic heterocycles. The molecule has 0 saturated heterocycles. The molecule has 0 radical (unpaired) electrons. The summed E-state index contributed by atoms with van der Waals surface area (Å²) >= 11 is 0. The van der Waals surface area contributed by atoms with E-state index in [9.17, 15) is 0 Å². The van der Waals surface area contributed by atoms with Gasteiger partial charge in [-0.1, -0.05) is 20.8 Å². The molecule has 0 bridgehead atoms. The van der Waals surface area contributed by atoms with Gasteiger partial charge in [-0.15, -0.1) is 0 Å². The second kappa shape index (κ2) is 7.21. The molecule has 0 aliphatic rings. The van der Waals surface area contributed by atoms with Crippen molar-refractivity contribution in [1.82, 2.24) is 4.98 Å². The zero-order valence-corrected chi connectivity index (χ0v) is 11.8. The van der Waals surface area contributed by atoms with Crippen molar-refractivity contribution in [2.24, 2.45) is 5.41 Å². The minimum Gasteiger partial charge on any atom is -0.475 e. The van der Waals surface area contributed by atoms with E-state index in [0.29, 0.717) is 24.5 Å². The third kappa shape index (κ3) is 6.45. The SMILES string of the molecule is COCCOc1ccc(NCCC(C)(C)C)cn1. The van der Waals surface area contributed by atoms with Crippen LogP contribution in [0.25, 0.3) is 0 Å². The number of anilines is 1. The molecular weight excluding hydrogens is 228 g/mol. The number of methoxy groups -OCH3 is 1. The van der Waals surface area contributed by atoms with E-state index in [0.717, 1.165) is 18.7 Å². The molecule has 4 heteroatoms. The van der Waals surface area contributed by atoms with E-state index in [-0.39, 0.29) is 0 Å². The van der Waals surface area contributed by atoms with Gasteiger partial charge in [-0.05, 0) is 17.9 Å². The molecule has 1 rings (SSSR count). The minimum atomic E-state index is 0.351. The summed E-state index contributed by atoms with van der Waals surface area (Å²) < 4.78 is 10.3. The Labute approximate surface area is 110 Å². The molecule has 102 valence electrons. The van der Waals surface area contributed by atoms with E-state index in [1.165, 1.54) is 0 Å². The van der Waals surface area contributed by atoms with Gasteiger partial charge < -0.3 is 14.8 Å². The first-order chi connectivity index (χ1) is 8.51. The molecule has 1 N–H and O–H groups in total. The average molecular weight is 252 g/mol. The Hall–Kier alpha value is -1.29. The van der Waals surface area contributed by atoms with Gasteiger partial charge in [-0.25, -0.2) is 4.98 Å². The summed E-state index contributed by atoms with van der Waals surface area (Å²) in [5.41, 5.74) is 1.38. The zero-order chi connectivity index (χ0) is 13.4. The third-order valence-corrected chi connectivity index (χ3v) is 2.48. The summed E-state index contributed by atoms with van der Waals surface area (Å²) in [6, 6.07) is 3.85. The van der Waals surface area contributed by atoms with Gasteiger partial charge in [0.2, 0.25) is 5.88 Å². The fourth-order valence-corrected chi connectivity index (χ4v) is 1.38. The Morgan fingerprint density at radius 2 is 2.00 bits per heavy atom. The lowest BCUT2D eigenvalue weighted by atomic mass is 9.92. The predicted octanol–water partition coefficient (Wildman–Crippen LogP) is 2.95. The zero-order valence-electron chi connectivity index (χ0n) is 11.8. The summed E-state index contributed by atoms with van der Waals surface area (Å²) in [6.07, 6.45) is 2.92. The molecule has 0 spiro atoms. The number of pyridine rings is 1. The van der Waals surface area contributed by atoms with Crippen molar-refractivity contribution in [2.45, 2.75) is 27.2 Å². The molecule has 0 aliphatic heterocycles. The van der Waals surface area contributed by atoms with E-state index >= 15 is 0 Å². The second-order valence-electron chi connectivity index (χ2n) is 5.46. The first-order valence-corrected chi connectivity index (χ1v) is 6.33. The summed E-state index contributed by atoms with van der Waals surface area (Å²) in [4.78, 5) is 4.23. The van der Waals surface area contributed by atoms with Crippen LogP contribution in [0.15, 0.2) is 18.3 Å². The fourth-order valence-electron chi connectivity index (χ4n) is 1.38. The van der Waals surface area contributed by atoms with Gasteiger partial charge in [0.05, 0.1) is 18.5 Å². The molecule has 0 aliphatic carbocycles. The summed E-state index contributed by atoms with van der Waals surface area (Å²) in [6.45, 7) is 8.77.